The van der Waals surface area contributed by atoms with Crippen LogP contribution in [0.4, 0.5) is 0 Å². The van der Waals surface area contributed by atoms with E-state index in [1.165, 1.54) is 0 Å². The lowest BCUT2D eigenvalue weighted by molar-refractivity contribution is 1.04. The lowest BCUT2D eigenvalue weighted by Crippen LogP contribution is -2.04. The molecule has 0 spiro atoms. The second kappa shape index (κ2) is 7.14. The Balaban J connectivity index is 1.97. The highest BCUT2D eigenvalue weighted by Crippen LogP contribution is 2.14. The van der Waals surface area contributed by atoms with Gasteiger partial charge in [0.25, 0.3) is 0 Å². The molecule has 1 aromatic heterocycles. The zero-order valence-corrected chi connectivity index (χ0v) is 13.6. The molecule has 1 heterocycles. The number of rotatable bonds is 4. The molecule has 0 amide bonds. The summed E-state index contributed by atoms with van der Waals surface area (Å²) in [7, 11) is 0. The smallest absolute Gasteiger partial charge is 0.0723 e. The number of hydrogen-bond donors (Lipinski definition) is 0. The van der Waals surface area contributed by atoms with Crippen molar-refractivity contribution in [2.45, 2.75) is 6.54 Å². The first-order valence-electron chi connectivity index (χ1n) is 7.07. The van der Waals surface area contributed by atoms with Crippen molar-refractivity contribution >= 4 is 21.6 Å². The SMILES string of the molecule is Brc1cncc(CN=C(c2ccccc2)c2ccccc2)c1. The lowest BCUT2D eigenvalue weighted by atomic mass is 10.0. The van der Waals surface area contributed by atoms with Gasteiger partial charge in [0.15, 0.2) is 0 Å². The van der Waals surface area contributed by atoms with Gasteiger partial charge in [0.2, 0.25) is 0 Å². The van der Waals surface area contributed by atoms with Crippen molar-refractivity contribution in [3.8, 4) is 0 Å². The zero-order valence-electron chi connectivity index (χ0n) is 12.0. The van der Waals surface area contributed by atoms with Gasteiger partial charge < -0.3 is 0 Å². The number of nitrogens with zero attached hydrogens (tertiary/aromatic N) is 2. The van der Waals surface area contributed by atoms with Crippen LogP contribution in [-0.4, -0.2) is 10.7 Å². The predicted molar refractivity (Wildman–Crippen MR) is 94.2 cm³/mol. The van der Waals surface area contributed by atoms with Crippen LogP contribution in [0.25, 0.3) is 0 Å². The molecule has 0 saturated carbocycles. The first kappa shape index (κ1) is 14.7. The molecule has 0 fully saturated rings. The molecule has 3 aromatic rings. The zero-order chi connectivity index (χ0) is 15.2. The third-order valence-corrected chi connectivity index (χ3v) is 3.71. The standard InChI is InChI=1S/C19H15BrN2/c20-18-11-15(12-21-14-18)13-22-19(16-7-3-1-4-8-16)17-9-5-2-6-10-17/h1-12,14H,13H2. The Labute approximate surface area is 138 Å². The summed E-state index contributed by atoms with van der Waals surface area (Å²) in [6.45, 7) is 0.603. The fourth-order valence-corrected chi connectivity index (χ4v) is 2.67. The van der Waals surface area contributed by atoms with Gasteiger partial charge in [0.05, 0.1) is 12.3 Å². The van der Waals surface area contributed by atoms with Crippen LogP contribution in [0, 0.1) is 0 Å². The fourth-order valence-electron chi connectivity index (χ4n) is 2.25. The van der Waals surface area contributed by atoms with Crippen LogP contribution < -0.4 is 0 Å². The molecule has 108 valence electrons. The molecule has 0 unspecified atom stereocenters. The highest BCUT2D eigenvalue weighted by molar-refractivity contribution is 9.10. The average molecular weight is 351 g/mol. The van der Waals surface area contributed by atoms with Gasteiger partial charge in [-0.3, -0.25) is 9.98 Å². The summed E-state index contributed by atoms with van der Waals surface area (Å²) in [5.41, 5.74) is 4.33. The fraction of sp³-hybridized carbons (Fsp3) is 0.0526. The Hall–Kier alpha value is -2.26. The Kier molecular flexibility index (Phi) is 4.76. The van der Waals surface area contributed by atoms with Crippen molar-refractivity contribution in [3.05, 3.63) is 100 Å². The maximum absolute atomic E-state index is 4.83. The minimum atomic E-state index is 0.603. The molecule has 0 N–H and O–H groups in total. The summed E-state index contributed by atoms with van der Waals surface area (Å²) in [6.07, 6.45) is 3.63. The maximum Gasteiger partial charge on any atom is 0.0723 e. The summed E-state index contributed by atoms with van der Waals surface area (Å²) in [4.78, 5) is 9.02. The Morgan fingerprint density at radius 3 is 2.00 bits per heavy atom. The van der Waals surface area contributed by atoms with Gasteiger partial charge in [-0.2, -0.15) is 0 Å². The molecule has 0 aliphatic rings. The van der Waals surface area contributed by atoms with Gasteiger partial charge >= 0.3 is 0 Å². The molecule has 3 rings (SSSR count). The number of benzene rings is 2. The molecule has 0 atom stereocenters. The minimum Gasteiger partial charge on any atom is -0.279 e. The number of aliphatic imine (C=N–C) groups is 1. The van der Waals surface area contributed by atoms with E-state index in [1.54, 1.807) is 6.20 Å². The second-order valence-electron chi connectivity index (χ2n) is 4.91. The summed E-state index contributed by atoms with van der Waals surface area (Å²) in [6, 6.07) is 22.6. The number of halogens is 1. The van der Waals surface area contributed by atoms with Crippen LogP contribution in [0.15, 0.2) is 88.6 Å². The van der Waals surface area contributed by atoms with Gasteiger partial charge in [-0.25, -0.2) is 0 Å². The van der Waals surface area contributed by atoms with E-state index in [0.717, 1.165) is 26.9 Å². The van der Waals surface area contributed by atoms with Gasteiger partial charge in [-0.15, -0.1) is 0 Å². The Morgan fingerprint density at radius 2 is 1.45 bits per heavy atom. The van der Waals surface area contributed by atoms with E-state index >= 15 is 0 Å². The normalized spacial score (nSPS) is 10.2. The average Bonchev–Trinajstić information content (AvgIpc) is 2.57. The first-order valence-corrected chi connectivity index (χ1v) is 7.87. The van der Waals surface area contributed by atoms with E-state index in [9.17, 15) is 0 Å². The molecule has 0 radical (unpaired) electrons. The van der Waals surface area contributed by atoms with Crippen LogP contribution in [0.5, 0.6) is 0 Å². The second-order valence-corrected chi connectivity index (χ2v) is 5.82. The lowest BCUT2D eigenvalue weighted by Gasteiger charge is -2.08. The van der Waals surface area contributed by atoms with Crippen LogP contribution in [0.2, 0.25) is 0 Å². The van der Waals surface area contributed by atoms with Crippen molar-refractivity contribution in [1.29, 1.82) is 0 Å². The molecule has 0 aliphatic carbocycles. The highest BCUT2D eigenvalue weighted by Gasteiger charge is 2.06. The molecular weight excluding hydrogens is 336 g/mol. The Bertz CT molecular complexity index is 726. The van der Waals surface area contributed by atoms with Crippen molar-refractivity contribution in [2.24, 2.45) is 4.99 Å². The van der Waals surface area contributed by atoms with E-state index in [2.05, 4.69) is 45.2 Å². The van der Waals surface area contributed by atoms with Crippen molar-refractivity contribution in [3.63, 3.8) is 0 Å². The maximum atomic E-state index is 4.83. The number of pyridine rings is 1. The van der Waals surface area contributed by atoms with Gasteiger partial charge in [-0.1, -0.05) is 60.7 Å². The Morgan fingerprint density at radius 1 is 0.864 bits per heavy atom. The van der Waals surface area contributed by atoms with Gasteiger partial charge in [0.1, 0.15) is 0 Å². The predicted octanol–water partition coefficient (Wildman–Crippen LogP) is 4.88. The number of hydrogen-bond acceptors (Lipinski definition) is 2. The molecule has 22 heavy (non-hydrogen) atoms. The quantitative estimate of drug-likeness (QED) is 0.615. The molecular formula is C19H15BrN2. The van der Waals surface area contributed by atoms with Crippen LogP contribution >= 0.6 is 15.9 Å². The van der Waals surface area contributed by atoms with Crippen molar-refractivity contribution in [1.82, 2.24) is 4.98 Å². The van der Waals surface area contributed by atoms with Gasteiger partial charge in [0, 0.05) is 28.0 Å². The minimum absolute atomic E-state index is 0.603. The molecule has 0 bridgehead atoms. The molecule has 0 saturated heterocycles. The van der Waals surface area contributed by atoms with E-state index in [-0.39, 0.29) is 0 Å². The summed E-state index contributed by atoms with van der Waals surface area (Å²) >= 11 is 3.45. The van der Waals surface area contributed by atoms with Crippen LogP contribution in [-0.2, 0) is 6.54 Å². The molecule has 2 aromatic carbocycles. The first-order chi connectivity index (χ1) is 10.8. The largest absolute Gasteiger partial charge is 0.279 e. The van der Waals surface area contributed by atoms with Crippen LogP contribution in [0.3, 0.4) is 0 Å². The summed E-state index contributed by atoms with van der Waals surface area (Å²) in [5.74, 6) is 0. The summed E-state index contributed by atoms with van der Waals surface area (Å²) in [5, 5.41) is 0. The van der Waals surface area contributed by atoms with Crippen molar-refractivity contribution < 1.29 is 0 Å². The molecule has 3 heteroatoms. The van der Waals surface area contributed by atoms with E-state index in [0.29, 0.717) is 6.54 Å². The van der Waals surface area contributed by atoms with Gasteiger partial charge in [-0.05, 0) is 27.6 Å². The summed E-state index contributed by atoms with van der Waals surface area (Å²) < 4.78 is 0.973. The van der Waals surface area contributed by atoms with Crippen molar-refractivity contribution in [2.75, 3.05) is 0 Å². The van der Waals surface area contributed by atoms with E-state index < -0.39 is 0 Å². The third kappa shape index (κ3) is 3.68. The van der Waals surface area contributed by atoms with E-state index in [1.807, 2.05) is 48.7 Å². The topological polar surface area (TPSA) is 25.2 Å². The number of aromatic nitrogens is 1. The van der Waals surface area contributed by atoms with E-state index in [4.69, 9.17) is 4.99 Å². The molecule has 0 aliphatic heterocycles. The molecule has 2 nitrogen and oxygen atoms in total. The highest BCUT2D eigenvalue weighted by atomic mass is 79.9. The monoisotopic (exact) mass is 350 g/mol. The van der Waals surface area contributed by atoms with Crippen LogP contribution in [0.1, 0.15) is 16.7 Å². The third-order valence-electron chi connectivity index (χ3n) is 3.28.